The average Bonchev–Trinajstić information content (AvgIpc) is 2.44. The Labute approximate surface area is 122 Å². The first-order valence-corrected chi connectivity index (χ1v) is 6.65. The molecule has 114 valence electrons. The van der Waals surface area contributed by atoms with Crippen LogP contribution in [-0.2, 0) is 9.59 Å². The molecule has 4 N–H and O–H groups in total. The molecule has 1 atom stereocenters. The quantitative estimate of drug-likeness (QED) is 0.604. The zero-order chi connectivity index (χ0) is 15.7. The molecule has 1 rings (SSSR count). The highest BCUT2D eigenvalue weighted by atomic mass is 16.4. The molecule has 1 aromatic rings. The molecule has 0 saturated carbocycles. The van der Waals surface area contributed by atoms with Crippen LogP contribution in [-0.4, -0.2) is 35.6 Å². The molecule has 0 radical (unpaired) electrons. The second kappa shape index (κ2) is 8.70. The summed E-state index contributed by atoms with van der Waals surface area (Å²) >= 11 is 0. The summed E-state index contributed by atoms with van der Waals surface area (Å²) in [6.07, 6.45) is 1.10. The summed E-state index contributed by atoms with van der Waals surface area (Å²) in [5.74, 6) is -1.61. The van der Waals surface area contributed by atoms with E-state index in [-0.39, 0.29) is 6.54 Å². The molecule has 1 aromatic carbocycles. The molecule has 0 bridgehead atoms. The van der Waals surface area contributed by atoms with Gasteiger partial charge >= 0.3 is 12.0 Å². The van der Waals surface area contributed by atoms with Crippen molar-refractivity contribution in [3.63, 3.8) is 0 Å². The molecule has 7 nitrogen and oxygen atoms in total. The van der Waals surface area contributed by atoms with E-state index in [0.717, 1.165) is 0 Å². The minimum Gasteiger partial charge on any atom is -0.480 e. The summed E-state index contributed by atoms with van der Waals surface area (Å²) in [4.78, 5) is 34.0. The maximum absolute atomic E-state index is 11.5. The third-order valence-electron chi connectivity index (χ3n) is 2.67. The smallest absolute Gasteiger partial charge is 0.325 e. The first-order chi connectivity index (χ1) is 10.0. The number of anilines is 1. The Bertz CT molecular complexity index is 490. The van der Waals surface area contributed by atoms with Crippen molar-refractivity contribution in [3.8, 4) is 0 Å². The third-order valence-corrected chi connectivity index (χ3v) is 2.67. The van der Waals surface area contributed by atoms with Crippen LogP contribution in [0.4, 0.5) is 10.5 Å². The van der Waals surface area contributed by atoms with Gasteiger partial charge < -0.3 is 10.4 Å². The molecule has 0 aliphatic heterocycles. The molecule has 0 heterocycles. The van der Waals surface area contributed by atoms with Gasteiger partial charge in [0.1, 0.15) is 6.04 Å². The topological polar surface area (TPSA) is 108 Å². The number of hydrogen-bond acceptors (Lipinski definition) is 4. The van der Waals surface area contributed by atoms with Crippen molar-refractivity contribution in [2.75, 3.05) is 11.9 Å². The average molecular weight is 293 g/mol. The molecular formula is C14H19N3O4. The second-order valence-electron chi connectivity index (χ2n) is 4.43. The summed E-state index contributed by atoms with van der Waals surface area (Å²) in [5, 5.41) is 16.1. The number of imide groups is 1. The van der Waals surface area contributed by atoms with Gasteiger partial charge in [-0.1, -0.05) is 31.5 Å². The van der Waals surface area contributed by atoms with E-state index in [4.69, 9.17) is 5.11 Å². The highest BCUT2D eigenvalue weighted by Gasteiger charge is 2.17. The first-order valence-electron chi connectivity index (χ1n) is 6.65. The normalized spacial score (nSPS) is 11.5. The van der Waals surface area contributed by atoms with Crippen molar-refractivity contribution in [1.29, 1.82) is 0 Å². The van der Waals surface area contributed by atoms with Crippen molar-refractivity contribution < 1.29 is 19.5 Å². The van der Waals surface area contributed by atoms with Gasteiger partial charge in [0.15, 0.2) is 0 Å². The molecule has 0 aliphatic carbocycles. The minimum atomic E-state index is -1.02. The summed E-state index contributed by atoms with van der Waals surface area (Å²) < 4.78 is 0. The van der Waals surface area contributed by atoms with E-state index in [1.807, 2.05) is 6.92 Å². The van der Waals surface area contributed by atoms with Gasteiger partial charge in [-0.05, 0) is 18.6 Å². The van der Waals surface area contributed by atoms with Gasteiger partial charge in [0.2, 0.25) is 5.91 Å². The Balaban J connectivity index is 2.36. The van der Waals surface area contributed by atoms with Crippen molar-refractivity contribution in [2.45, 2.75) is 25.8 Å². The molecule has 7 heteroatoms. The Morgan fingerprint density at radius 2 is 1.86 bits per heavy atom. The number of carbonyl (C=O) groups is 3. The van der Waals surface area contributed by atoms with E-state index >= 15 is 0 Å². The Hall–Kier alpha value is -2.41. The fourth-order valence-electron chi connectivity index (χ4n) is 1.67. The van der Waals surface area contributed by atoms with Gasteiger partial charge in [0.05, 0.1) is 6.54 Å². The van der Waals surface area contributed by atoms with Crippen LogP contribution in [0, 0.1) is 0 Å². The predicted molar refractivity (Wildman–Crippen MR) is 77.9 cm³/mol. The second-order valence-corrected chi connectivity index (χ2v) is 4.43. The van der Waals surface area contributed by atoms with Crippen molar-refractivity contribution >= 4 is 23.6 Å². The number of hydrogen-bond donors (Lipinski definition) is 4. The monoisotopic (exact) mass is 293 g/mol. The highest BCUT2D eigenvalue weighted by Crippen LogP contribution is 2.04. The highest BCUT2D eigenvalue weighted by molar-refractivity contribution is 6.01. The van der Waals surface area contributed by atoms with E-state index in [1.165, 1.54) is 0 Å². The maximum Gasteiger partial charge on any atom is 0.325 e. The van der Waals surface area contributed by atoms with Gasteiger partial charge in [-0.15, -0.1) is 0 Å². The summed E-state index contributed by atoms with van der Waals surface area (Å²) in [6, 6.07) is 7.22. The lowest BCUT2D eigenvalue weighted by molar-refractivity contribution is -0.139. The van der Waals surface area contributed by atoms with Crippen LogP contribution in [0.5, 0.6) is 0 Å². The summed E-state index contributed by atoms with van der Waals surface area (Å²) in [7, 11) is 0. The molecule has 0 aromatic heterocycles. The van der Waals surface area contributed by atoms with E-state index in [0.29, 0.717) is 18.5 Å². The molecule has 3 amide bonds. The number of carboxylic acid groups (broad SMARTS) is 1. The number of rotatable bonds is 7. The zero-order valence-corrected chi connectivity index (χ0v) is 11.8. The number of urea groups is 1. The predicted octanol–water partition coefficient (Wildman–Crippen LogP) is 1.18. The zero-order valence-electron chi connectivity index (χ0n) is 11.8. The fraction of sp³-hybridized carbons (Fsp3) is 0.357. The largest absolute Gasteiger partial charge is 0.480 e. The minimum absolute atomic E-state index is 0.237. The number of benzene rings is 1. The lowest BCUT2D eigenvalue weighted by atomic mass is 10.2. The van der Waals surface area contributed by atoms with Crippen LogP contribution in [0.2, 0.25) is 0 Å². The van der Waals surface area contributed by atoms with Crippen LogP contribution in [0.3, 0.4) is 0 Å². The molecule has 0 aliphatic rings. The first kappa shape index (κ1) is 16.6. The number of para-hydroxylation sites is 1. The SMILES string of the molecule is CCCC(NCC(=O)NC(=O)Nc1ccccc1)C(=O)O. The van der Waals surface area contributed by atoms with E-state index in [1.54, 1.807) is 30.3 Å². The Kier molecular flexibility index (Phi) is 6.90. The fourth-order valence-corrected chi connectivity index (χ4v) is 1.67. The van der Waals surface area contributed by atoms with Crippen molar-refractivity contribution in [2.24, 2.45) is 0 Å². The number of aliphatic carboxylic acids is 1. The van der Waals surface area contributed by atoms with E-state index < -0.39 is 23.9 Å². The lowest BCUT2D eigenvalue weighted by Gasteiger charge is -2.13. The van der Waals surface area contributed by atoms with Crippen LogP contribution in [0.25, 0.3) is 0 Å². The molecule has 21 heavy (non-hydrogen) atoms. The lowest BCUT2D eigenvalue weighted by Crippen LogP contribution is -2.45. The van der Waals surface area contributed by atoms with Crippen LogP contribution >= 0.6 is 0 Å². The molecular weight excluding hydrogens is 274 g/mol. The van der Waals surface area contributed by atoms with E-state index in [9.17, 15) is 14.4 Å². The summed E-state index contributed by atoms with van der Waals surface area (Å²) in [6.45, 7) is 1.62. The molecule has 0 fully saturated rings. The van der Waals surface area contributed by atoms with Crippen molar-refractivity contribution in [3.05, 3.63) is 30.3 Å². The van der Waals surface area contributed by atoms with Crippen molar-refractivity contribution in [1.82, 2.24) is 10.6 Å². The third kappa shape index (κ3) is 6.53. The van der Waals surface area contributed by atoms with Gasteiger partial charge in [0.25, 0.3) is 0 Å². The van der Waals surface area contributed by atoms with Gasteiger partial charge in [0, 0.05) is 5.69 Å². The molecule has 0 saturated heterocycles. The van der Waals surface area contributed by atoms with Gasteiger partial charge in [-0.2, -0.15) is 0 Å². The Morgan fingerprint density at radius 3 is 2.43 bits per heavy atom. The van der Waals surface area contributed by atoms with Crippen LogP contribution < -0.4 is 16.0 Å². The number of nitrogens with one attached hydrogen (secondary N) is 3. The number of amides is 3. The maximum atomic E-state index is 11.5. The van der Waals surface area contributed by atoms with Gasteiger partial charge in [-0.3, -0.25) is 20.2 Å². The molecule has 1 unspecified atom stereocenters. The number of carbonyl (C=O) groups excluding carboxylic acids is 2. The van der Waals surface area contributed by atoms with Crippen LogP contribution in [0.15, 0.2) is 30.3 Å². The standard InChI is InChI=1S/C14H19N3O4/c1-2-6-11(13(19)20)15-9-12(18)17-14(21)16-10-7-4-3-5-8-10/h3-5,7-8,11,15H,2,6,9H2,1H3,(H,19,20)(H2,16,17,18,21). The van der Waals surface area contributed by atoms with Crippen LogP contribution in [0.1, 0.15) is 19.8 Å². The van der Waals surface area contributed by atoms with E-state index in [2.05, 4.69) is 16.0 Å². The van der Waals surface area contributed by atoms with Gasteiger partial charge in [-0.25, -0.2) is 4.79 Å². The molecule has 0 spiro atoms. The number of carboxylic acids is 1. The Morgan fingerprint density at radius 1 is 1.19 bits per heavy atom. The summed E-state index contributed by atoms with van der Waals surface area (Å²) in [5.41, 5.74) is 0.560.